The van der Waals surface area contributed by atoms with Gasteiger partial charge in [0, 0.05) is 10.6 Å². The molecule has 0 saturated carbocycles. The normalized spacial score (nSPS) is 11.4. The highest BCUT2D eigenvalue weighted by Gasteiger charge is 1.99. The third kappa shape index (κ3) is 3.08. The number of aliphatic imine (C=N–C) groups is 1. The SMILES string of the molecule is NC(=NC(=O)S)c1ccc(Cl)cc1. The molecule has 5 heteroatoms. The van der Waals surface area contributed by atoms with Gasteiger partial charge in [-0.15, -0.1) is 0 Å². The number of nitrogens with two attached hydrogens (primary N) is 1. The minimum Gasteiger partial charge on any atom is -0.383 e. The summed E-state index contributed by atoms with van der Waals surface area (Å²) in [6.07, 6.45) is 0. The Bertz CT molecular complexity index is 348. The Morgan fingerprint density at radius 2 is 1.92 bits per heavy atom. The van der Waals surface area contributed by atoms with Crippen molar-refractivity contribution in [3.05, 3.63) is 34.9 Å². The van der Waals surface area contributed by atoms with Crippen molar-refractivity contribution in [3.63, 3.8) is 0 Å². The maximum Gasteiger partial charge on any atom is 0.303 e. The molecule has 1 aromatic rings. The van der Waals surface area contributed by atoms with E-state index in [1.165, 1.54) is 0 Å². The summed E-state index contributed by atoms with van der Waals surface area (Å²) < 4.78 is 0. The zero-order chi connectivity index (χ0) is 9.84. The number of carbonyl (C=O) groups is 1. The van der Waals surface area contributed by atoms with Gasteiger partial charge in [0.25, 0.3) is 0 Å². The zero-order valence-corrected chi connectivity index (χ0v) is 8.22. The second kappa shape index (κ2) is 4.30. The first-order valence-electron chi connectivity index (χ1n) is 3.42. The van der Waals surface area contributed by atoms with Gasteiger partial charge in [0.1, 0.15) is 5.84 Å². The topological polar surface area (TPSA) is 55.4 Å². The molecule has 0 aliphatic carbocycles. The summed E-state index contributed by atoms with van der Waals surface area (Å²) in [6, 6.07) is 6.69. The Hall–Kier alpha value is -1.00. The van der Waals surface area contributed by atoms with Crippen LogP contribution >= 0.6 is 24.2 Å². The van der Waals surface area contributed by atoms with E-state index in [2.05, 4.69) is 17.6 Å². The van der Waals surface area contributed by atoms with Gasteiger partial charge < -0.3 is 5.73 Å². The standard InChI is InChI=1S/C8H7ClN2OS/c9-6-3-1-5(2-4-6)7(10)11-8(12)13/h1-4H,(H3,10,11,12,13). The lowest BCUT2D eigenvalue weighted by molar-refractivity contribution is 0.268. The number of nitrogens with zero attached hydrogens (tertiary/aromatic N) is 1. The van der Waals surface area contributed by atoms with Gasteiger partial charge in [-0.05, 0) is 24.3 Å². The minimum atomic E-state index is -0.618. The molecule has 0 bridgehead atoms. The number of amidine groups is 1. The molecule has 1 amide bonds. The fourth-order valence-corrected chi connectivity index (χ4v) is 1.02. The van der Waals surface area contributed by atoms with Crippen LogP contribution in [0.25, 0.3) is 0 Å². The zero-order valence-electron chi connectivity index (χ0n) is 6.57. The van der Waals surface area contributed by atoms with E-state index < -0.39 is 5.24 Å². The van der Waals surface area contributed by atoms with Crippen LogP contribution in [0.15, 0.2) is 29.3 Å². The summed E-state index contributed by atoms with van der Waals surface area (Å²) in [6.45, 7) is 0. The van der Waals surface area contributed by atoms with Crippen LogP contribution in [0, 0.1) is 0 Å². The van der Waals surface area contributed by atoms with Crippen molar-refractivity contribution >= 4 is 35.3 Å². The maximum atomic E-state index is 10.5. The van der Waals surface area contributed by atoms with Crippen LogP contribution in [-0.4, -0.2) is 11.1 Å². The Morgan fingerprint density at radius 3 is 2.38 bits per heavy atom. The van der Waals surface area contributed by atoms with Crippen molar-refractivity contribution in [1.29, 1.82) is 0 Å². The number of amides is 1. The largest absolute Gasteiger partial charge is 0.383 e. The fourth-order valence-electron chi connectivity index (χ4n) is 0.788. The highest BCUT2D eigenvalue weighted by atomic mass is 35.5. The van der Waals surface area contributed by atoms with E-state index in [4.69, 9.17) is 17.3 Å². The molecule has 3 nitrogen and oxygen atoms in total. The monoisotopic (exact) mass is 214 g/mol. The smallest absolute Gasteiger partial charge is 0.303 e. The van der Waals surface area contributed by atoms with Crippen LogP contribution < -0.4 is 5.73 Å². The number of benzene rings is 1. The van der Waals surface area contributed by atoms with Crippen LogP contribution in [0.5, 0.6) is 0 Å². The molecular weight excluding hydrogens is 208 g/mol. The average molecular weight is 215 g/mol. The van der Waals surface area contributed by atoms with Crippen LogP contribution in [0.3, 0.4) is 0 Å². The third-order valence-corrected chi connectivity index (χ3v) is 1.71. The van der Waals surface area contributed by atoms with Crippen LogP contribution in [-0.2, 0) is 0 Å². The molecule has 1 rings (SSSR count). The quantitative estimate of drug-likeness (QED) is 0.427. The fraction of sp³-hybridized carbons (Fsp3) is 0. The Morgan fingerprint density at radius 1 is 1.38 bits per heavy atom. The molecule has 0 radical (unpaired) electrons. The third-order valence-electron chi connectivity index (χ3n) is 1.36. The Kier molecular flexibility index (Phi) is 3.33. The Labute approximate surface area is 86.0 Å². The summed E-state index contributed by atoms with van der Waals surface area (Å²) in [5.74, 6) is 0.136. The summed E-state index contributed by atoms with van der Waals surface area (Å²) >= 11 is 9.13. The second-order valence-electron chi connectivity index (χ2n) is 2.29. The maximum absolute atomic E-state index is 10.5. The van der Waals surface area contributed by atoms with Gasteiger partial charge in [-0.2, -0.15) is 4.99 Å². The van der Waals surface area contributed by atoms with E-state index in [1.807, 2.05) is 0 Å². The first kappa shape index (κ1) is 10.1. The summed E-state index contributed by atoms with van der Waals surface area (Å²) in [5, 5.41) is -0.0128. The average Bonchev–Trinajstić information content (AvgIpc) is 2.04. The summed E-state index contributed by atoms with van der Waals surface area (Å²) in [7, 11) is 0. The molecule has 68 valence electrons. The molecule has 2 N–H and O–H groups in total. The Balaban J connectivity index is 2.96. The molecule has 13 heavy (non-hydrogen) atoms. The molecule has 0 spiro atoms. The van der Waals surface area contributed by atoms with Crippen molar-refractivity contribution in [2.75, 3.05) is 0 Å². The molecule has 0 heterocycles. The number of hydrogen-bond acceptors (Lipinski definition) is 1. The van der Waals surface area contributed by atoms with E-state index in [0.717, 1.165) is 0 Å². The van der Waals surface area contributed by atoms with E-state index >= 15 is 0 Å². The summed E-state index contributed by atoms with van der Waals surface area (Å²) in [4.78, 5) is 13.9. The molecule has 0 aliphatic rings. The van der Waals surface area contributed by atoms with E-state index in [0.29, 0.717) is 10.6 Å². The molecule has 0 atom stereocenters. The van der Waals surface area contributed by atoms with Gasteiger partial charge in [-0.25, -0.2) is 0 Å². The number of carbonyl (C=O) groups excluding carboxylic acids is 1. The van der Waals surface area contributed by atoms with Crippen LogP contribution in [0.2, 0.25) is 5.02 Å². The predicted octanol–water partition coefficient (Wildman–Crippen LogP) is 2.10. The molecular formula is C8H7ClN2OS. The van der Waals surface area contributed by atoms with E-state index in [1.54, 1.807) is 24.3 Å². The van der Waals surface area contributed by atoms with Crippen LogP contribution in [0.1, 0.15) is 5.56 Å². The van der Waals surface area contributed by atoms with Gasteiger partial charge in [-0.3, -0.25) is 4.79 Å². The van der Waals surface area contributed by atoms with Gasteiger partial charge in [0.2, 0.25) is 0 Å². The minimum absolute atomic E-state index is 0.136. The number of halogens is 1. The molecule has 0 fully saturated rings. The number of thiol groups is 1. The van der Waals surface area contributed by atoms with Crippen molar-refractivity contribution in [2.45, 2.75) is 0 Å². The lowest BCUT2D eigenvalue weighted by Crippen LogP contribution is -2.13. The van der Waals surface area contributed by atoms with Gasteiger partial charge in [0.05, 0.1) is 0 Å². The molecule has 0 aromatic heterocycles. The lowest BCUT2D eigenvalue weighted by atomic mass is 10.2. The van der Waals surface area contributed by atoms with Gasteiger partial charge >= 0.3 is 5.24 Å². The van der Waals surface area contributed by atoms with Crippen LogP contribution in [0.4, 0.5) is 4.79 Å². The molecule has 0 unspecified atom stereocenters. The first-order valence-corrected chi connectivity index (χ1v) is 4.25. The highest BCUT2D eigenvalue weighted by Crippen LogP contribution is 2.09. The number of hydrogen-bond donors (Lipinski definition) is 2. The molecule has 0 saturated heterocycles. The van der Waals surface area contributed by atoms with Crippen molar-refractivity contribution in [3.8, 4) is 0 Å². The van der Waals surface area contributed by atoms with E-state index in [9.17, 15) is 4.79 Å². The first-order chi connectivity index (χ1) is 6.09. The van der Waals surface area contributed by atoms with Crippen molar-refractivity contribution in [2.24, 2.45) is 10.7 Å². The van der Waals surface area contributed by atoms with Gasteiger partial charge in [-0.1, -0.05) is 24.2 Å². The predicted molar refractivity (Wildman–Crippen MR) is 56.6 cm³/mol. The van der Waals surface area contributed by atoms with Crippen molar-refractivity contribution in [1.82, 2.24) is 0 Å². The number of rotatable bonds is 1. The highest BCUT2D eigenvalue weighted by molar-refractivity contribution is 7.96. The van der Waals surface area contributed by atoms with E-state index in [-0.39, 0.29) is 5.84 Å². The van der Waals surface area contributed by atoms with Gasteiger partial charge in [0.15, 0.2) is 0 Å². The second-order valence-corrected chi connectivity index (χ2v) is 3.11. The molecule has 1 aromatic carbocycles. The van der Waals surface area contributed by atoms with Crippen molar-refractivity contribution < 1.29 is 4.79 Å². The summed E-state index contributed by atoms with van der Waals surface area (Å²) in [5.41, 5.74) is 6.13. The lowest BCUT2D eigenvalue weighted by Gasteiger charge is -1.98. The molecule has 0 aliphatic heterocycles.